The highest BCUT2D eigenvalue weighted by Gasteiger charge is 2.11. The third-order valence-electron chi connectivity index (χ3n) is 2.67. The minimum absolute atomic E-state index is 0.166. The fourth-order valence-corrected chi connectivity index (χ4v) is 1.74. The summed E-state index contributed by atoms with van der Waals surface area (Å²) >= 11 is 0. The molecule has 0 aliphatic rings. The number of hydrogen-bond donors (Lipinski definition) is 2. The van der Waals surface area contributed by atoms with E-state index < -0.39 is 11.7 Å². The van der Waals surface area contributed by atoms with Crippen LogP contribution in [0.3, 0.4) is 0 Å². The van der Waals surface area contributed by atoms with E-state index in [1.54, 1.807) is 12.1 Å². The maximum Gasteiger partial charge on any atom is 0.257 e. The lowest BCUT2D eigenvalue weighted by molar-refractivity contribution is 0.102. The molecule has 1 unspecified atom stereocenters. The second-order valence-electron chi connectivity index (χ2n) is 4.22. The summed E-state index contributed by atoms with van der Waals surface area (Å²) < 4.78 is 13.0. The van der Waals surface area contributed by atoms with E-state index in [0.717, 1.165) is 17.8 Å². The Bertz CT molecular complexity index is 599. The summed E-state index contributed by atoms with van der Waals surface area (Å²) in [5, 5.41) is 2.71. The molecule has 1 aromatic carbocycles. The van der Waals surface area contributed by atoms with Gasteiger partial charge in [0.15, 0.2) is 0 Å². The Morgan fingerprint density at radius 2 is 2.11 bits per heavy atom. The van der Waals surface area contributed by atoms with Crippen molar-refractivity contribution >= 4 is 11.6 Å². The molecule has 0 spiro atoms. The maximum absolute atomic E-state index is 13.0. The van der Waals surface area contributed by atoms with E-state index >= 15 is 0 Å². The van der Waals surface area contributed by atoms with Crippen LogP contribution in [-0.2, 0) is 0 Å². The van der Waals surface area contributed by atoms with E-state index in [4.69, 9.17) is 5.73 Å². The Kier molecular flexibility index (Phi) is 3.87. The number of pyridine rings is 1. The van der Waals surface area contributed by atoms with Crippen molar-refractivity contribution in [1.29, 1.82) is 0 Å². The average Bonchev–Trinajstić information content (AvgIpc) is 2.39. The van der Waals surface area contributed by atoms with Gasteiger partial charge in [0.25, 0.3) is 5.91 Å². The fraction of sp³-hybridized carbons (Fsp3) is 0.143. The molecule has 2 rings (SSSR count). The van der Waals surface area contributed by atoms with Gasteiger partial charge in [-0.05, 0) is 24.6 Å². The monoisotopic (exact) mass is 259 g/mol. The standard InChI is InChI=1S/C14H14FN3O/c1-9(16)12-4-2-3-5-13(12)18-14(19)10-6-11(15)8-17-7-10/h2-9H,16H2,1H3,(H,18,19). The fourth-order valence-electron chi connectivity index (χ4n) is 1.74. The van der Waals surface area contributed by atoms with Gasteiger partial charge >= 0.3 is 0 Å². The SMILES string of the molecule is CC(N)c1ccccc1NC(=O)c1cncc(F)c1. The summed E-state index contributed by atoms with van der Waals surface area (Å²) in [6.07, 6.45) is 2.36. The molecular formula is C14H14FN3O. The highest BCUT2D eigenvalue weighted by Crippen LogP contribution is 2.21. The number of carbonyl (C=O) groups excluding carboxylic acids is 1. The first-order chi connectivity index (χ1) is 9.08. The first-order valence-electron chi connectivity index (χ1n) is 5.84. The molecule has 3 N–H and O–H groups in total. The number of hydrogen-bond acceptors (Lipinski definition) is 3. The molecule has 0 fully saturated rings. The molecule has 2 aromatic rings. The lowest BCUT2D eigenvalue weighted by Gasteiger charge is -2.13. The van der Waals surface area contributed by atoms with Crippen LogP contribution >= 0.6 is 0 Å². The van der Waals surface area contributed by atoms with Crippen LogP contribution < -0.4 is 11.1 Å². The Hall–Kier alpha value is -2.27. The van der Waals surface area contributed by atoms with Gasteiger partial charge < -0.3 is 11.1 Å². The molecule has 1 heterocycles. The van der Waals surface area contributed by atoms with Gasteiger partial charge in [-0.2, -0.15) is 0 Å². The summed E-state index contributed by atoms with van der Waals surface area (Å²) in [5.74, 6) is -0.965. The number of amides is 1. The lowest BCUT2D eigenvalue weighted by Crippen LogP contribution is -2.16. The minimum Gasteiger partial charge on any atom is -0.324 e. The molecule has 19 heavy (non-hydrogen) atoms. The quantitative estimate of drug-likeness (QED) is 0.889. The van der Waals surface area contributed by atoms with E-state index in [1.807, 2.05) is 19.1 Å². The molecule has 0 saturated carbocycles. The number of carbonyl (C=O) groups is 1. The summed E-state index contributed by atoms with van der Waals surface area (Å²) in [7, 11) is 0. The summed E-state index contributed by atoms with van der Waals surface area (Å²) in [4.78, 5) is 15.6. The summed E-state index contributed by atoms with van der Waals surface area (Å²) in [5.41, 5.74) is 7.43. The normalized spacial score (nSPS) is 11.9. The van der Waals surface area contributed by atoms with Crippen LogP contribution in [0.5, 0.6) is 0 Å². The summed E-state index contributed by atoms with van der Waals surface area (Å²) in [6.45, 7) is 1.83. The van der Waals surface area contributed by atoms with Crippen molar-refractivity contribution in [3.8, 4) is 0 Å². The highest BCUT2D eigenvalue weighted by molar-refractivity contribution is 6.04. The second kappa shape index (κ2) is 5.58. The molecule has 1 atom stereocenters. The van der Waals surface area contributed by atoms with E-state index in [-0.39, 0.29) is 11.6 Å². The minimum atomic E-state index is -0.548. The van der Waals surface area contributed by atoms with Crippen molar-refractivity contribution in [1.82, 2.24) is 4.98 Å². The van der Waals surface area contributed by atoms with Gasteiger partial charge in [-0.1, -0.05) is 18.2 Å². The number of anilines is 1. The van der Waals surface area contributed by atoms with E-state index in [1.165, 1.54) is 6.20 Å². The van der Waals surface area contributed by atoms with Crippen LogP contribution in [0.15, 0.2) is 42.7 Å². The maximum atomic E-state index is 13.0. The molecule has 0 aliphatic heterocycles. The number of nitrogens with two attached hydrogens (primary N) is 1. The zero-order chi connectivity index (χ0) is 13.8. The average molecular weight is 259 g/mol. The van der Waals surface area contributed by atoms with Gasteiger partial charge in [0.1, 0.15) is 5.82 Å². The van der Waals surface area contributed by atoms with Crippen LogP contribution in [-0.4, -0.2) is 10.9 Å². The Morgan fingerprint density at radius 1 is 1.37 bits per heavy atom. The largest absolute Gasteiger partial charge is 0.324 e. The van der Waals surface area contributed by atoms with Crippen LogP contribution in [0.2, 0.25) is 0 Å². The molecule has 4 nitrogen and oxygen atoms in total. The smallest absolute Gasteiger partial charge is 0.257 e. The van der Waals surface area contributed by atoms with E-state index in [9.17, 15) is 9.18 Å². The van der Waals surface area contributed by atoms with Gasteiger partial charge in [0.05, 0.1) is 11.8 Å². The summed E-state index contributed by atoms with van der Waals surface area (Å²) in [6, 6.07) is 8.16. The Morgan fingerprint density at radius 3 is 2.79 bits per heavy atom. The molecule has 5 heteroatoms. The zero-order valence-electron chi connectivity index (χ0n) is 10.4. The predicted molar refractivity (Wildman–Crippen MR) is 71.2 cm³/mol. The third kappa shape index (κ3) is 3.14. The molecule has 0 bridgehead atoms. The Labute approximate surface area is 110 Å². The number of nitrogens with zero attached hydrogens (tertiary/aromatic N) is 1. The number of para-hydroxylation sites is 1. The Balaban J connectivity index is 2.24. The van der Waals surface area contributed by atoms with Crippen molar-refractivity contribution in [2.45, 2.75) is 13.0 Å². The van der Waals surface area contributed by atoms with Gasteiger partial charge in [-0.25, -0.2) is 4.39 Å². The number of nitrogens with one attached hydrogen (secondary N) is 1. The number of aromatic nitrogens is 1. The van der Waals surface area contributed by atoms with Gasteiger partial charge in [0.2, 0.25) is 0 Å². The zero-order valence-corrected chi connectivity index (χ0v) is 10.4. The van der Waals surface area contributed by atoms with Crippen molar-refractivity contribution in [2.24, 2.45) is 5.73 Å². The predicted octanol–water partition coefficient (Wildman–Crippen LogP) is 2.49. The lowest BCUT2D eigenvalue weighted by atomic mass is 10.1. The van der Waals surface area contributed by atoms with Gasteiger partial charge in [-0.15, -0.1) is 0 Å². The number of rotatable bonds is 3. The number of benzene rings is 1. The van der Waals surface area contributed by atoms with Crippen molar-refractivity contribution < 1.29 is 9.18 Å². The van der Waals surface area contributed by atoms with E-state index in [2.05, 4.69) is 10.3 Å². The molecule has 0 saturated heterocycles. The second-order valence-corrected chi connectivity index (χ2v) is 4.22. The van der Waals surface area contributed by atoms with Crippen molar-refractivity contribution in [3.63, 3.8) is 0 Å². The van der Waals surface area contributed by atoms with Crippen LogP contribution in [0, 0.1) is 5.82 Å². The topological polar surface area (TPSA) is 68.0 Å². The van der Waals surface area contributed by atoms with Crippen LogP contribution in [0.1, 0.15) is 28.9 Å². The molecule has 98 valence electrons. The first-order valence-corrected chi connectivity index (χ1v) is 5.84. The molecule has 0 aliphatic carbocycles. The van der Waals surface area contributed by atoms with Crippen molar-refractivity contribution in [2.75, 3.05) is 5.32 Å². The third-order valence-corrected chi connectivity index (χ3v) is 2.67. The van der Waals surface area contributed by atoms with Gasteiger partial charge in [0, 0.05) is 17.9 Å². The van der Waals surface area contributed by atoms with E-state index in [0.29, 0.717) is 5.69 Å². The first kappa shape index (κ1) is 13.2. The van der Waals surface area contributed by atoms with Crippen molar-refractivity contribution in [3.05, 3.63) is 59.7 Å². The highest BCUT2D eigenvalue weighted by atomic mass is 19.1. The van der Waals surface area contributed by atoms with Crippen LogP contribution in [0.25, 0.3) is 0 Å². The molecule has 0 radical (unpaired) electrons. The van der Waals surface area contributed by atoms with Crippen LogP contribution in [0.4, 0.5) is 10.1 Å². The molecule has 1 aromatic heterocycles. The van der Waals surface area contributed by atoms with Gasteiger partial charge in [-0.3, -0.25) is 9.78 Å². The molecular weight excluding hydrogens is 245 g/mol. The molecule has 1 amide bonds. The number of halogens is 1.